The van der Waals surface area contributed by atoms with Crippen molar-refractivity contribution >= 4 is 17.7 Å². The van der Waals surface area contributed by atoms with Gasteiger partial charge in [-0.2, -0.15) is 11.8 Å². The van der Waals surface area contributed by atoms with Crippen molar-refractivity contribution in [2.45, 2.75) is 13.0 Å². The Hall–Kier alpha value is -1.00. The summed E-state index contributed by atoms with van der Waals surface area (Å²) in [6, 6.07) is 9.06. The largest absolute Gasteiger partial charge is 0.348 e. The van der Waals surface area contributed by atoms with E-state index >= 15 is 0 Å². The number of benzene rings is 1. The summed E-state index contributed by atoms with van der Waals surface area (Å²) in [7, 11) is 3.64. The number of likely N-dealkylation sites (N-methyl/N-ethyl adjacent to an activating group) is 1. The van der Waals surface area contributed by atoms with Crippen LogP contribution in [-0.4, -0.2) is 54.4 Å². The summed E-state index contributed by atoms with van der Waals surface area (Å²) in [5, 5.41) is 0. The van der Waals surface area contributed by atoms with Crippen LogP contribution in [0.1, 0.15) is 17.2 Å². The van der Waals surface area contributed by atoms with Crippen LogP contribution in [0.3, 0.4) is 0 Å². The molecule has 1 amide bonds. The predicted octanol–water partition coefficient (Wildman–Crippen LogP) is 2.17. The standard InChI is InChI=1S/C15H22N2OS/c1-12-4-6-13(7-5-12)14-11-19-9-8-17(14)10-15(18)16(2)3/h4-7,14H,8-11H2,1-3H3/t14-/m0/s1. The van der Waals surface area contributed by atoms with E-state index in [0.29, 0.717) is 12.6 Å². The molecule has 1 aliphatic heterocycles. The maximum absolute atomic E-state index is 11.9. The van der Waals surface area contributed by atoms with Crippen molar-refractivity contribution in [1.29, 1.82) is 0 Å². The van der Waals surface area contributed by atoms with Crippen molar-refractivity contribution in [3.63, 3.8) is 0 Å². The Bertz CT molecular complexity index is 430. The summed E-state index contributed by atoms with van der Waals surface area (Å²) in [4.78, 5) is 15.9. The molecule has 0 saturated carbocycles. The SMILES string of the molecule is Cc1ccc([C@@H]2CSCCN2CC(=O)N(C)C)cc1. The molecule has 0 unspecified atom stereocenters. The zero-order valence-corrected chi connectivity index (χ0v) is 12.7. The lowest BCUT2D eigenvalue weighted by molar-refractivity contribution is -0.130. The lowest BCUT2D eigenvalue weighted by Crippen LogP contribution is -2.42. The van der Waals surface area contributed by atoms with Crippen molar-refractivity contribution in [2.75, 3.05) is 38.7 Å². The number of rotatable bonds is 3. The highest BCUT2D eigenvalue weighted by molar-refractivity contribution is 7.99. The van der Waals surface area contributed by atoms with Crippen LogP contribution in [-0.2, 0) is 4.79 Å². The molecule has 3 nitrogen and oxygen atoms in total. The first-order chi connectivity index (χ1) is 9.08. The van der Waals surface area contributed by atoms with Gasteiger partial charge in [-0.3, -0.25) is 9.69 Å². The molecular weight excluding hydrogens is 256 g/mol. The first-order valence-corrected chi connectivity index (χ1v) is 7.82. The first kappa shape index (κ1) is 14.4. The molecule has 1 aromatic carbocycles. The third-order valence-electron chi connectivity index (χ3n) is 3.54. The van der Waals surface area contributed by atoms with Gasteiger partial charge in [-0.25, -0.2) is 0 Å². The highest BCUT2D eigenvalue weighted by Crippen LogP contribution is 2.29. The van der Waals surface area contributed by atoms with Gasteiger partial charge >= 0.3 is 0 Å². The molecule has 0 aromatic heterocycles. The van der Waals surface area contributed by atoms with Gasteiger partial charge in [0.1, 0.15) is 0 Å². The summed E-state index contributed by atoms with van der Waals surface area (Å²) < 4.78 is 0. The Morgan fingerprint density at radius 1 is 1.37 bits per heavy atom. The number of hydrogen-bond acceptors (Lipinski definition) is 3. The third-order valence-corrected chi connectivity index (χ3v) is 4.56. The number of amides is 1. The van der Waals surface area contributed by atoms with Crippen LogP contribution in [0.15, 0.2) is 24.3 Å². The molecule has 1 aromatic rings. The zero-order valence-electron chi connectivity index (χ0n) is 11.9. The van der Waals surface area contributed by atoms with Crippen molar-refractivity contribution in [2.24, 2.45) is 0 Å². The molecule has 0 spiro atoms. The van der Waals surface area contributed by atoms with Gasteiger partial charge in [-0.1, -0.05) is 29.8 Å². The Morgan fingerprint density at radius 2 is 2.05 bits per heavy atom. The first-order valence-electron chi connectivity index (χ1n) is 6.66. The van der Waals surface area contributed by atoms with E-state index in [-0.39, 0.29) is 5.91 Å². The molecule has 1 aliphatic rings. The van der Waals surface area contributed by atoms with Gasteiger partial charge < -0.3 is 4.90 Å². The molecule has 0 aliphatic carbocycles. The number of hydrogen-bond donors (Lipinski definition) is 0. The van der Waals surface area contributed by atoms with Crippen LogP contribution in [0.5, 0.6) is 0 Å². The highest BCUT2D eigenvalue weighted by atomic mass is 32.2. The van der Waals surface area contributed by atoms with Crippen LogP contribution >= 0.6 is 11.8 Å². The van der Waals surface area contributed by atoms with Crippen LogP contribution in [0.25, 0.3) is 0 Å². The van der Waals surface area contributed by atoms with E-state index in [4.69, 9.17) is 0 Å². The van der Waals surface area contributed by atoms with Crippen molar-refractivity contribution < 1.29 is 4.79 Å². The van der Waals surface area contributed by atoms with Crippen LogP contribution in [0.2, 0.25) is 0 Å². The van der Waals surface area contributed by atoms with Gasteiger partial charge in [-0.05, 0) is 12.5 Å². The fraction of sp³-hybridized carbons (Fsp3) is 0.533. The molecule has 4 heteroatoms. The number of nitrogens with zero attached hydrogens (tertiary/aromatic N) is 2. The van der Waals surface area contributed by atoms with E-state index in [2.05, 4.69) is 36.1 Å². The number of thioether (sulfide) groups is 1. The van der Waals surface area contributed by atoms with E-state index in [9.17, 15) is 4.79 Å². The van der Waals surface area contributed by atoms with Gasteiger partial charge in [0.15, 0.2) is 0 Å². The van der Waals surface area contributed by atoms with E-state index in [0.717, 1.165) is 18.1 Å². The summed E-state index contributed by atoms with van der Waals surface area (Å²) in [6.45, 7) is 3.61. The van der Waals surface area contributed by atoms with Gasteiger partial charge in [-0.15, -0.1) is 0 Å². The summed E-state index contributed by atoms with van der Waals surface area (Å²) in [5.41, 5.74) is 2.60. The van der Waals surface area contributed by atoms with Gasteiger partial charge in [0.2, 0.25) is 5.91 Å². The Kier molecular flexibility index (Phi) is 4.88. The summed E-state index contributed by atoms with van der Waals surface area (Å²) >= 11 is 1.97. The molecule has 19 heavy (non-hydrogen) atoms. The van der Waals surface area contributed by atoms with Crippen LogP contribution in [0, 0.1) is 6.92 Å². The van der Waals surface area contributed by atoms with E-state index in [1.54, 1.807) is 4.90 Å². The molecular formula is C15H22N2OS. The molecule has 104 valence electrons. The second kappa shape index (κ2) is 6.44. The van der Waals surface area contributed by atoms with Gasteiger partial charge in [0.25, 0.3) is 0 Å². The predicted molar refractivity (Wildman–Crippen MR) is 81.5 cm³/mol. The van der Waals surface area contributed by atoms with Gasteiger partial charge in [0, 0.05) is 38.2 Å². The second-order valence-electron chi connectivity index (χ2n) is 5.26. The van der Waals surface area contributed by atoms with E-state index in [1.165, 1.54) is 11.1 Å². The lowest BCUT2D eigenvalue weighted by Gasteiger charge is -2.35. The van der Waals surface area contributed by atoms with Crippen LogP contribution < -0.4 is 0 Å². The topological polar surface area (TPSA) is 23.6 Å². The maximum atomic E-state index is 11.9. The molecule has 1 heterocycles. The minimum absolute atomic E-state index is 0.184. The molecule has 2 rings (SSSR count). The Morgan fingerprint density at radius 3 is 2.68 bits per heavy atom. The van der Waals surface area contributed by atoms with Crippen LogP contribution in [0.4, 0.5) is 0 Å². The molecule has 0 N–H and O–H groups in total. The fourth-order valence-corrected chi connectivity index (χ4v) is 3.39. The fourth-order valence-electron chi connectivity index (χ4n) is 2.24. The molecule has 1 fully saturated rings. The van der Waals surface area contributed by atoms with Crippen molar-refractivity contribution in [3.8, 4) is 0 Å². The number of carbonyl (C=O) groups excluding carboxylic acids is 1. The summed E-state index contributed by atoms with van der Waals surface area (Å²) in [5.74, 6) is 2.37. The average molecular weight is 278 g/mol. The normalized spacial score (nSPS) is 20.3. The highest BCUT2D eigenvalue weighted by Gasteiger charge is 2.26. The molecule has 1 atom stereocenters. The third kappa shape index (κ3) is 3.74. The number of carbonyl (C=O) groups is 1. The average Bonchev–Trinajstić information content (AvgIpc) is 2.40. The van der Waals surface area contributed by atoms with Gasteiger partial charge in [0.05, 0.1) is 6.54 Å². The molecule has 1 saturated heterocycles. The Labute approximate surface area is 120 Å². The Balaban J connectivity index is 2.11. The smallest absolute Gasteiger partial charge is 0.236 e. The quantitative estimate of drug-likeness (QED) is 0.846. The van der Waals surface area contributed by atoms with Crippen molar-refractivity contribution in [1.82, 2.24) is 9.80 Å². The van der Waals surface area contributed by atoms with Crippen molar-refractivity contribution in [3.05, 3.63) is 35.4 Å². The monoisotopic (exact) mass is 278 g/mol. The lowest BCUT2D eigenvalue weighted by atomic mass is 10.0. The van der Waals surface area contributed by atoms with E-state index in [1.807, 2.05) is 25.9 Å². The molecule has 0 radical (unpaired) electrons. The second-order valence-corrected chi connectivity index (χ2v) is 6.41. The molecule has 0 bridgehead atoms. The summed E-state index contributed by atoms with van der Waals surface area (Å²) in [6.07, 6.45) is 0. The number of aryl methyl sites for hydroxylation is 1. The minimum atomic E-state index is 0.184. The van der Waals surface area contributed by atoms with E-state index < -0.39 is 0 Å². The maximum Gasteiger partial charge on any atom is 0.236 e. The minimum Gasteiger partial charge on any atom is -0.348 e. The zero-order chi connectivity index (χ0) is 13.8.